The van der Waals surface area contributed by atoms with Gasteiger partial charge in [0.15, 0.2) is 0 Å². The van der Waals surface area contributed by atoms with Crippen LogP contribution in [-0.2, 0) is 39.2 Å². The quantitative estimate of drug-likeness (QED) is 0.548. The molecule has 0 amide bonds. The Bertz CT molecular complexity index is 1310. The first-order valence-corrected chi connectivity index (χ1v) is 10.5. The van der Waals surface area contributed by atoms with Crippen LogP contribution >= 0.6 is 0 Å². The largest absolute Gasteiger partial charge is 0.340 e. The zero-order chi connectivity index (χ0) is 20.2. The summed E-state index contributed by atoms with van der Waals surface area (Å²) in [4.78, 5) is 26.1. The fraction of sp³-hybridized carbons (Fsp3) is 0.364. The third-order valence-corrected chi connectivity index (χ3v) is 6.22. The number of nitrogens with one attached hydrogen (secondary N) is 2. The smallest absolute Gasteiger partial charge is 0.274 e. The Morgan fingerprint density at radius 3 is 2.50 bits per heavy atom. The van der Waals surface area contributed by atoms with E-state index in [0.717, 1.165) is 31.4 Å². The summed E-state index contributed by atoms with van der Waals surface area (Å²) in [5.41, 5.74) is 8.30. The lowest BCUT2D eigenvalue weighted by molar-refractivity contribution is 0.877. The van der Waals surface area contributed by atoms with Crippen molar-refractivity contribution in [2.24, 2.45) is 7.05 Å². The van der Waals surface area contributed by atoms with Gasteiger partial charge in [-0.15, -0.1) is 0 Å². The first kappa shape index (κ1) is 17.4. The number of aromatic amines is 1. The van der Waals surface area contributed by atoms with Crippen LogP contribution in [0.2, 0.25) is 0 Å². The summed E-state index contributed by atoms with van der Waals surface area (Å²) in [7, 11) is 1.92. The van der Waals surface area contributed by atoms with Gasteiger partial charge in [-0.05, 0) is 60.8 Å². The summed E-state index contributed by atoms with van der Waals surface area (Å²) in [6, 6.07) is 3.95. The van der Waals surface area contributed by atoms with Gasteiger partial charge in [0.25, 0.3) is 11.3 Å². The van der Waals surface area contributed by atoms with Crippen LogP contribution in [-0.4, -0.2) is 29.1 Å². The Balaban J connectivity index is 1.38. The monoisotopic (exact) mass is 401 g/mol. The van der Waals surface area contributed by atoms with E-state index >= 15 is 0 Å². The minimum atomic E-state index is -0.171. The van der Waals surface area contributed by atoms with Crippen LogP contribution in [0.4, 0.5) is 11.6 Å². The van der Waals surface area contributed by atoms with E-state index in [1.807, 2.05) is 17.8 Å². The van der Waals surface area contributed by atoms with Crippen molar-refractivity contribution < 1.29 is 0 Å². The number of H-pyrrole nitrogens is 1. The van der Waals surface area contributed by atoms with Crippen LogP contribution in [0.1, 0.15) is 46.5 Å². The van der Waals surface area contributed by atoms with E-state index in [4.69, 9.17) is 0 Å². The number of benzene rings is 1. The molecule has 0 saturated heterocycles. The molecule has 152 valence electrons. The minimum absolute atomic E-state index is 0.171. The van der Waals surface area contributed by atoms with E-state index in [9.17, 15) is 4.79 Å². The summed E-state index contributed by atoms with van der Waals surface area (Å²) in [5, 5.41) is 6.60. The number of aryl methyl sites for hydroxylation is 3. The molecule has 3 heterocycles. The molecule has 0 aliphatic heterocycles. The van der Waals surface area contributed by atoms with Crippen molar-refractivity contribution in [2.45, 2.75) is 44.9 Å². The van der Waals surface area contributed by atoms with E-state index in [1.165, 1.54) is 45.3 Å². The Labute approximate surface area is 173 Å². The molecule has 0 saturated carbocycles. The third-order valence-electron chi connectivity index (χ3n) is 6.22. The highest BCUT2D eigenvalue weighted by Crippen LogP contribution is 2.39. The second-order valence-corrected chi connectivity index (χ2v) is 8.36. The number of nitrogens with zero attached hydrogens (tertiary/aromatic N) is 5. The van der Waals surface area contributed by atoms with Crippen molar-refractivity contribution in [3.8, 4) is 0 Å². The fourth-order valence-electron chi connectivity index (χ4n) is 4.90. The van der Waals surface area contributed by atoms with Crippen molar-refractivity contribution in [3.05, 3.63) is 68.7 Å². The molecule has 2 aliphatic carbocycles. The molecule has 1 aromatic carbocycles. The molecule has 2 aliphatic rings. The van der Waals surface area contributed by atoms with Crippen molar-refractivity contribution >= 4 is 17.4 Å². The molecule has 0 unspecified atom stereocenters. The molecular weight excluding hydrogens is 378 g/mol. The van der Waals surface area contributed by atoms with Crippen molar-refractivity contribution in [1.82, 2.24) is 29.1 Å². The maximum Gasteiger partial charge on any atom is 0.274 e. The Hall–Kier alpha value is -3.42. The van der Waals surface area contributed by atoms with Crippen molar-refractivity contribution in [2.75, 3.05) is 5.32 Å². The molecule has 0 radical (unpaired) electrons. The average Bonchev–Trinajstić information content (AvgIpc) is 3.48. The predicted octanol–water partition coefficient (Wildman–Crippen LogP) is 2.46. The summed E-state index contributed by atoms with van der Waals surface area (Å²) in [6.45, 7) is 0. The van der Waals surface area contributed by atoms with Gasteiger partial charge in [0.05, 0.1) is 17.7 Å². The van der Waals surface area contributed by atoms with Gasteiger partial charge in [0.1, 0.15) is 0 Å². The predicted molar refractivity (Wildman–Crippen MR) is 113 cm³/mol. The van der Waals surface area contributed by atoms with E-state index in [0.29, 0.717) is 23.8 Å². The maximum atomic E-state index is 12.6. The van der Waals surface area contributed by atoms with Crippen LogP contribution < -0.4 is 10.9 Å². The summed E-state index contributed by atoms with van der Waals surface area (Å²) < 4.78 is 3.28. The number of rotatable bonds is 4. The number of hydrogen-bond donors (Lipinski definition) is 2. The standard InChI is InChI=1S/C22H23N7O/c1-28-11-16(23-12-28)9-15-10-19(30)29-22(24-15)26-21(27-29)25-20-17-6-2-4-13(17)8-14-5-3-7-18(14)20/h8,10-12H,2-7,9H2,1H3,(H2,24,25,26,27). The summed E-state index contributed by atoms with van der Waals surface area (Å²) >= 11 is 0. The van der Waals surface area contributed by atoms with Gasteiger partial charge in [-0.1, -0.05) is 6.07 Å². The molecular formula is C22H23N7O. The van der Waals surface area contributed by atoms with Gasteiger partial charge in [0.2, 0.25) is 5.95 Å². The van der Waals surface area contributed by atoms with Gasteiger partial charge in [-0.25, -0.2) is 9.97 Å². The maximum absolute atomic E-state index is 12.6. The topological polar surface area (TPSA) is 92.9 Å². The van der Waals surface area contributed by atoms with Crippen LogP contribution in [0, 0.1) is 0 Å². The zero-order valence-electron chi connectivity index (χ0n) is 16.9. The zero-order valence-corrected chi connectivity index (χ0v) is 16.9. The van der Waals surface area contributed by atoms with Crippen molar-refractivity contribution in [3.63, 3.8) is 0 Å². The second kappa shape index (κ2) is 6.55. The van der Waals surface area contributed by atoms with Gasteiger partial charge in [0, 0.05) is 31.4 Å². The van der Waals surface area contributed by atoms with E-state index in [-0.39, 0.29) is 5.56 Å². The van der Waals surface area contributed by atoms with Crippen LogP contribution in [0.15, 0.2) is 29.5 Å². The lowest BCUT2D eigenvalue weighted by Crippen LogP contribution is -2.16. The molecule has 3 aromatic heterocycles. The minimum Gasteiger partial charge on any atom is -0.340 e. The first-order chi connectivity index (χ1) is 14.6. The van der Waals surface area contributed by atoms with Gasteiger partial charge < -0.3 is 9.88 Å². The van der Waals surface area contributed by atoms with Crippen LogP contribution in [0.5, 0.6) is 0 Å². The van der Waals surface area contributed by atoms with Gasteiger partial charge >= 0.3 is 0 Å². The molecule has 30 heavy (non-hydrogen) atoms. The number of aromatic nitrogens is 6. The van der Waals surface area contributed by atoms with Gasteiger partial charge in [-0.2, -0.15) is 9.50 Å². The second-order valence-electron chi connectivity index (χ2n) is 8.36. The third kappa shape index (κ3) is 2.82. The molecule has 0 fully saturated rings. The summed E-state index contributed by atoms with van der Waals surface area (Å²) in [5.74, 6) is 0.934. The molecule has 0 bridgehead atoms. The first-order valence-electron chi connectivity index (χ1n) is 10.5. The Morgan fingerprint density at radius 1 is 1.03 bits per heavy atom. The van der Waals surface area contributed by atoms with Crippen molar-refractivity contribution in [1.29, 1.82) is 0 Å². The Kier molecular flexibility index (Phi) is 3.81. The van der Waals surface area contributed by atoms with Crippen LogP contribution in [0.3, 0.4) is 0 Å². The molecule has 6 rings (SSSR count). The van der Waals surface area contributed by atoms with E-state index in [1.54, 1.807) is 12.4 Å². The highest BCUT2D eigenvalue weighted by atomic mass is 16.1. The highest BCUT2D eigenvalue weighted by Gasteiger charge is 2.24. The summed E-state index contributed by atoms with van der Waals surface area (Å²) in [6.07, 6.45) is 11.1. The molecule has 0 spiro atoms. The molecule has 0 atom stereocenters. The molecule has 4 aromatic rings. The molecule has 8 nitrogen and oxygen atoms in total. The normalized spacial score (nSPS) is 15.0. The average molecular weight is 401 g/mol. The molecule has 8 heteroatoms. The van der Waals surface area contributed by atoms with Crippen LogP contribution in [0.25, 0.3) is 5.78 Å². The van der Waals surface area contributed by atoms with E-state index < -0.39 is 0 Å². The lowest BCUT2D eigenvalue weighted by atomic mass is 9.99. The molecule has 2 N–H and O–H groups in total. The van der Waals surface area contributed by atoms with E-state index in [2.05, 4.69) is 31.4 Å². The lowest BCUT2D eigenvalue weighted by Gasteiger charge is -2.15. The number of imidazole rings is 1. The Morgan fingerprint density at radius 2 is 1.80 bits per heavy atom. The number of anilines is 2. The SMILES string of the molecule is Cn1cnc(Cc2cc(=O)n3[nH]c(Nc4c5c(cc6c4CCC6)CCC5)nc3n2)c1. The number of hydrogen-bond acceptors (Lipinski definition) is 5. The highest BCUT2D eigenvalue weighted by molar-refractivity contribution is 5.70. The van der Waals surface area contributed by atoms with Gasteiger partial charge in [-0.3, -0.25) is 9.89 Å². The fourth-order valence-corrected chi connectivity index (χ4v) is 4.90. The number of fused-ring (bicyclic) bond motifs is 3.